The average Bonchev–Trinajstić information content (AvgIpc) is 2.74. The SMILES string of the molecule is O=C(C1CNC1)N1CCC2(CCOC2)C1. The Labute approximate surface area is 90.0 Å². The van der Waals surface area contributed by atoms with E-state index in [1.54, 1.807) is 0 Å². The van der Waals surface area contributed by atoms with Crippen LogP contribution in [0.1, 0.15) is 12.8 Å². The van der Waals surface area contributed by atoms with Crippen LogP contribution in [-0.4, -0.2) is 50.2 Å². The molecule has 3 fully saturated rings. The molecule has 3 heterocycles. The van der Waals surface area contributed by atoms with Crippen molar-refractivity contribution in [1.82, 2.24) is 10.2 Å². The second-order valence-electron chi connectivity index (χ2n) is 5.17. The minimum Gasteiger partial charge on any atom is -0.381 e. The van der Waals surface area contributed by atoms with Crippen LogP contribution in [0.2, 0.25) is 0 Å². The third-order valence-corrected chi connectivity index (χ3v) is 4.07. The number of likely N-dealkylation sites (tertiary alicyclic amines) is 1. The third-order valence-electron chi connectivity index (χ3n) is 4.07. The van der Waals surface area contributed by atoms with Gasteiger partial charge in [0.2, 0.25) is 5.91 Å². The summed E-state index contributed by atoms with van der Waals surface area (Å²) in [5, 5.41) is 3.15. The molecule has 0 bridgehead atoms. The molecule has 1 amide bonds. The molecular formula is C11H18N2O2. The van der Waals surface area contributed by atoms with Gasteiger partial charge in [0, 0.05) is 38.2 Å². The van der Waals surface area contributed by atoms with Gasteiger partial charge in [-0.15, -0.1) is 0 Å². The lowest BCUT2D eigenvalue weighted by Gasteiger charge is -2.31. The molecular weight excluding hydrogens is 192 g/mol. The summed E-state index contributed by atoms with van der Waals surface area (Å²) in [5.41, 5.74) is 0.312. The number of amides is 1. The van der Waals surface area contributed by atoms with Gasteiger partial charge in [0.25, 0.3) is 0 Å². The summed E-state index contributed by atoms with van der Waals surface area (Å²) in [7, 11) is 0. The molecule has 3 rings (SSSR count). The van der Waals surface area contributed by atoms with Crippen molar-refractivity contribution in [3.8, 4) is 0 Å². The Morgan fingerprint density at radius 3 is 2.87 bits per heavy atom. The molecule has 1 unspecified atom stereocenters. The van der Waals surface area contributed by atoms with Gasteiger partial charge in [0.1, 0.15) is 0 Å². The lowest BCUT2D eigenvalue weighted by atomic mass is 9.87. The van der Waals surface area contributed by atoms with E-state index in [-0.39, 0.29) is 5.92 Å². The van der Waals surface area contributed by atoms with E-state index in [0.29, 0.717) is 11.3 Å². The molecule has 0 radical (unpaired) electrons. The van der Waals surface area contributed by atoms with Gasteiger partial charge in [-0.3, -0.25) is 4.79 Å². The van der Waals surface area contributed by atoms with E-state index in [0.717, 1.165) is 52.2 Å². The van der Waals surface area contributed by atoms with Crippen LogP contribution in [0.25, 0.3) is 0 Å². The first-order valence-electron chi connectivity index (χ1n) is 5.86. The number of hydrogen-bond acceptors (Lipinski definition) is 3. The molecule has 0 aromatic heterocycles. The molecule has 4 nitrogen and oxygen atoms in total. The van der Waals surface area contributed by atoms with Gasteiger partial charge in [-0.05, 0) is 12.8 Å². The lowest BCUT2D eigenvalue weighted by molar-refractivity contribution is -0.136. The molecule has 1 spiro atoms. The first kappa shape index (κ1) is 9.60. The quantitative estimate of drug-likeness (QED) is 0.654. The van der Waals surface area contributed by atoms with Crippen LogP contribution in [-0.2, 0) is 9.53 Å². The zero-order valence-electron chi connectivity index (χ0n) is 9.00. The van der Waals surface area contributed by atoms with E-state index in [4.69, 9.17) is 4.74 Å². The highest BCUT2D eigenvalue weighted by Gasteiger charge is 2.44. The largest absolute Gasteiger partial charge is 0.381 e. The maximum Gasteiger partial charge on any atom is 0.228 e. The van der Waals surface area contributed by atoms with Crippen molar-refractivity contribution in [2.45, 2.75) is 12.8 Å². The highest BCUT2D eigenvalue weighted by Crippen LogP contribution is 2.38. The summed E-state index contributed by atoms with van der Waals surface area (Å²) >= 11 is 0. The van der Waals surface area contributed by atoms with Crippen LogP contribution in [0.5, 0.6) is 0 Å². The molecule has 15 heavy (non-hydrogen) atoms. The first-order chi connectivity index (χ1) is 7.29. The van der Waals surface area contributed by atoms with Gasteiger partial charge >= 0.3 is 0 Å². The van der Waals surface area contributed by atoms with Gasteiger partial charge in [-0.2, -0.15) is 0 Å². The fourth-order valence-corrected chi connectivity index (χ4v) is 2.82. The fourth-order valence-electron chi connectivity index (χ4n) is 2.82. The summed E-state index contributed by atoms with van der Waals surface area (Å²) in [6.45, 7) is 5.37. The molecule has 3 saturated heterocycles. The van der Waals surface area contributed by atoms with Crippen LogP contribution >= 0.6 is 0 Å². The molecule has 84 valence electrons. The first-order valence-corrected chi connectivity index (χ1v) is 5.86. The number of ether oxygens (including phenoxy) is 1. The topological polar surface area (TPSA) is 41.6 Å². The molecule has 0 saturated carbocycles. The number of carbonyl (C=O) groups excluding carboxylic acids is 1. The Bertz CT molecular complexity index is 270. The Morgan fingerprint density at radius 2 is 2.27 bits per heavy atom. The van der Waals surface area contributed by atoms with Gasteiger partial charge in [0.15, 0.2) is 0 Å². The average molecular weight is 210 g/mol. The minimum absolute atomic E-state index is 0.252. The summed E-state index contributed by atoms with van der Waals surface area (Å²) < 4.78 is 5.46. The second kappa shape index (κ2) is 3.46. The number of carbonyl (C=O) groups is 1. The van der Waals surface area contributed by atoms with E-state index in [1.165, 1.54) is 0 Å². The highest BCUT2D eigenvalue weighted by atomic mass is 16.5. The monoisotopic (exact) mass is 210 g/mol. The zero-order valence-corrected chi connectivity index (χ0v) is 9.00. The number of nitrogens with zero attached hydrogens (tertiary/aromatic N) is 1. The normalized spacial score (nSPS) is 36.1. The summed E-state index contributed by atoms with van der Waals surface area (Å²) in [4.78, 5) is 14.1. The van der Waals surface area contributed by atoms with Crippen LogP contribution in [0.4, 0.5) is 0 Å². The van der Waals surface area contributed by atoms with Crippen molar-refractivity contribution in [3.05, 3.63) is 0 Å². The second-order valence-corrected chi connectivity index (χ2v) is 5.17. The number of hydrogen-bond donors (Lipinski definition) is 1. The third kappa shape index (κ3) is 1.56. The van der Waals surface area contributed by atoms with E-state index >= 15 is 0 Å². The molecule has 1 N–H and O–H groups in total. The van der Waals surface area contributed by atoms with Gasteiger partial charge in [0.05, 0.1) is 12.5 Å². The van der Waals surface area contributed by atoms with Crippen molar-refractivity contribution in [2.75, 3.05) is 39.4 Å². The van der Waals surface area contributed by atoms with Crippen LogP contribution < -0.4 is 5.32 Å². The van der Waals surface area contributed by atoms with Crippen molar-refractivity contribution >= 4 is 5.91 Å². The zero-order chi connectivity index (χ0) is 10.3. The Kier molecular flexibility index (Phi) is 2.21. The molecule has 1 atom stereocenters. The predicted molar refractivity (Wildman–Crippen MR) is 55.4 cm³/mol. The standard InChI is InChI=1S/C11H18N2O2/c14-10(9-5-12-6-9)13-3-1-11(7-13)2-4-15-8-11/h9,12H,1-8H2. The molecule has 0 aromatic carbocycles. The molecule has 4 heteroatoms. The van der Waals surface area contributed by atoms with E-state index < -0.39 is 0 Å². The van der Waals surface area contributed by atoms with Crippen molar-refractivity contribution in [1.29, 1.82) is 0 Å². The fraction of sp³-hybridized carbons (Fsp3) is 0.909. The van der Waals surface area contributed by atoms with Crippen molar-refractivity contribution < 1.29 is 9.53 Å². The molecule has 0 aromatic rings. The van der Waals surface area contributed by atoms with Gasteiger partial charge in [-0.1, -0.05) is 0 Å². The summed E-state index contributed by atoms with van der Waals surface area (Å²) in [6.07, 6.45) is 2.28. The number of nitrogens with one attached hydrogen (secondary N) is 1. The van der Waals surface area contributed by atoms with Gasteiger partial charge in [-0.25, -0.2) is 0 Å². The molecule has 3 aliphatic rings. The molecule has 3 aliphatic heterocycles. The Hall–Kier alpha value is -0.610. The van der Waals surface area contributed by atoms with Crippen molar-refractivity contribution in [2.24, 2.45) is 11.3 Å². The van der Waals surface area contributed by atoms with E-state index in [9.17, 15) is 4.79 Å². The maximum atomic E-state index is 12.0. The van der Waals surface area contributed by atoms with Crippen molar-refractivity contribution in [3.63, 3.8) is 0 Å². The molecule has 0 aliphatic carbocycles. The van der Waals surface area contributed by atoms with Crippen LogP contribution in [0, 0.1) is 11.3 Å². The minimum atomic E-state index is 0.252. The lowest BCUT2D eigenvalue weighted by Crippen LogP contribution is -2.51. The Balaban J connectivity index is 1.62. The maximum absolute atomic E-state index is 12.0. The van der Waals surface area contributed by atoms with Crippen LogP contribution in [0.15, 0.2) is 0 Å². The highest BCUT2D eigenvalue weighted by molar-refractivity contribution is 5.80. The van der Waals surface area contributed by atoms with Crippen LogP contribution in [0.3, 0.4) is 0 Å². The predicted octanol–water partition coefficient (Wildman–Crippen LogP) is -0.155. The van der Waals surface area contributed by atoms with E-state index in [1.807, 2.05) is 0 Å². The van der Waals surface area contributed by atoms with Gasteiger partial charge < -0.3 is 15.0 Å². The summed E-state index contributed by atoms with van der Waals surface area (Å²) in [6, 6.07) is 0. The number of rotatable bonds is 1. The smallest absolute Gasteiger partial charge is 0.228 e. The Morgan fingerprint density at radius 1 is 1.40 bits per heavy atom. The summed E-state index contributed by atoms with van der Waals surface area (Å²) in [5.74, 6) is 0.611. The van der Waals surface area contributed by atoms with E-state index in [2.05, 4.69) is 10.2 Å².